The number of likely N-dealkylation sites (N-methyl/N-ethyl adjacent to an activating group) is 2. The van der Waals surface area contributed by atoms with Gasteiger partial charge < -0.3 is 29.8 Å². The van der Waals surface area contributed by atoms with Crippen LogP contribution in [0.15, 0.2) is 24.5 Å². The highest BCUT2D eigenvalue weighted by Gasteiger charge is 2.19. The lowest BCUT2D eigenvalue weighted by atomic mass is 10.2. The normalized spacial score (nSPS) is 16.2. The minimum absolute atomic E-state index is 0. The molecule has 0 radical (unpaired) electrons. The minimum atomic E-state index is -1.02. The number of anilines is 2. The second-order valence-corrected chi connectivity index (χ2v) is 9.05. The largest absolute Gasteiger partial charge is 0.478 e. The lowest BCUT2D eigenvalue weighted by Crippen LogP contribution is -2.44. The van der Waals surface area contributed by atoms with Crippen molar-refractivity contribution in [2.75, 3.05) is 76.3 Å². The molecule has 0 aliphatic carbocycles. The van der Waals surface area contributed by atoms with Gasteiger partial charge in [-0.2, -0.15) is 0 Å². The van der Waals surface area contributed by atoms with Gasteiger partial charge in [0.2, 0.25) is 0 Å². The number of piperazine rings is 2. The summed E-state index contributed by atoms with van der Waals surface area (Å²) in [6, 6.07) is 3.08. The number of aromatic carboxylic acids is 2. The molecule has 2 fully saturated rings. The van der Waals surface area contributed by atoms with Crippen molar-refractivity contribution in [3.05, 3.63) is 45.7 Å². The van der Waals surface area contributed by atoms with Crippen molar-refractivity contribution in [2.45, 2.75) is 0 Å². The van der Waals surface area contributed by atoms with Crippen molar-refractivity contribution in [3.8, 4) is 0 Å². The summed E-state index contributed by atoms with van der Waals surface area (Å²) in [5.74, 6) is -0.680. The third kappa shape index (κ3) is 8.50. The van der Waals surface area contributed by atoms with E-state index in [-0.39, 0.29) is 46.0 Å². The van der Waals surface area contributed by atoms with Crippen LogP contribution in [-0.2, 0) is 0 Å². The number of carbonyl (C=O) groups is 2. The fourth-order valence-corrected chi connectivity index (χ4v) is 3.97. The van der Waals surface area contributed by atoms with E-state index in [0.29, 0.717) is 11.6 Å². The average molecular weight is 584 g/mol. The highest BCUT2D eigenvalue weighted by atomic mass is 35.5. The molecule has 2 aliphatic rings. The zero-order valence-corrected chi connectivity index (χ0v) is 23.1. The number of halogens is 4. The first-order valence-corrected chi connectivity index (χ1v) is 11.6. The van der Waals surface area contributed by atoms with E-state index in [1.807, 2.05) is 0 Å². The number of rotatable bonds is 4. The van der Waals surface area contributed by atoms with E-state index in [0.717, 1.165) is 52.4 Å². The molecule has 2 aromatic heterocycles. The smallest absolute Gasteiger partial charge is 0.337 e. The van der Waals surface area contributed by atoms with Crippen LogP contribution in [0.1, 0.15) is 20.7 Å². The minimum Gasteiger partial charge on any atom is -0.478 e. The SMILES string of the molecule is CN1CCN(c2cc(C(=O)O)c(Cl)cn2)CC1.CN1CCN(c2cc(C(=O)O)c(Cl)cn2)CC1.Cl.Cl. The molecule has 2 N–H and O–H groups in total. The fraction of sp³-hybridized carbons (Fsp3) is 0.455. The van der Waals surface area contributed by atoms with Crippen LogP contribution in [0.3, 0.4) is 0 Å². The van der Waals surface area contributed by atoms with Gasteiger partial charge in [0, 0.05) is 64.8 Å². The lowest BCUT2D eigenvalue weighted by molar-refractivity contribution is 0.0686. The van der Waals surface area contributed by atoms with Gasteiger partial charge in [-0.15, -0.1) is 24.8 Å². The van der Waals surface area contributed by atoms with Gasteiger partial charge in [0.05, 0.1) is 21.2 Å². The van der Waals surface area contributed by atoms with Gasteiger partial charge in [0.25, 0.3) is 0 Å². The molecule has 0 bridgehead atoms. The van der Waals surface area contributed by atoms with Crippen LogP contribution in [0.2, 0.25) is 10.0 Å². The Bertz CT molecular complexity index is 950. The van der Waals surface area contributed by atoms with Gasteiger partial charge in [-0.05, 0) is 26.2 Å². The second-order valence-electron chi connectivity index (χ2n) is 8.24. The third-order valence-corrected chi connectivity index (χ3v) is 6.40. The zero-order chi connectivity index (χ0) is 24.8. The molecule has 2 aromatic rings. The Labute approximate surface area is 232 Å². The molecule has 4 heterocycles. The number of hydrogen-bond acceptors (Lipinski definition) is 8. The van der Waals surface area contributed by atoms with Crippen molar-refractivity contribution >= 4 is 71.6 Å². The van der Waals surface area contributed by atoms with Gasteiger partial charge in [0.15, 0.2) is 0 Å². The molecule has 200 valence electrons. The first kappa shape index (κ1) is 31.9. The summed E-state index contributed by atoms with van der Waals surface area (Å²) in [6.45, 7) is 7.21. The lowest BCUT2D eigenvalue weighted by Gasteiger charge is -2.33. The highest BCUT2D eigenvalue weighted by molar-refractivity contribution is 6.33. The van der Waals surface area contributed by atoms with Gasteiger partial charge in [-0.3, -0.25) is 0 Å². The van der Waals surface area contributed by atoms with Crippen molar-refractivity contribution in [1.29, 1.82) is 0 Å². The molecule has 14 heteroatoms. The van der Waals surface area contributed by atoms with E-state index < -0.39 is 11.9 Å². The van der Waals surface area contributed by atoms with E-state index in [9.17, 15) is 9.59 Å². The summed E-state index contributed by atoms with van der Waals surface area (Å²) in [6.07, 6.45) is 2.80. The van der Waals surface area contributed by atoms with Gasteiger partial charge >= 0.3 is 11.9 Å². The molecule has 4 rings (SSSR count). The summed E-state index contributed by atoms with van der Waals surface area (Å²) in [4.78, 5) is 38.9. The molecule has 2 saturated heterocycles. The molecule has 0 spiro atoms. The third-order valence-electron chi connectivity index (χ3n) is 5.80. The van der Waals surface area contributed by atoms with E-state index in [1.54, 1.807) is 0 Å². The number of nitrogens with zero attached hydrogens (tertiary/aromatic N) is 6. The first-order chi connectivity index (χ1) is 16.2. The Morgan fingerprint density at radius 3 is 1.28 bits per heavy atom. The van der Waals surface area contributed by atoms with E-state index in [2.05, 4.69) is 43.7 Å². The molecule has 2 aliphatic heterocycles. The summed E-state index contributed by atoms with van der Waals surface area (Å²) in [5, 5.41) is 18.3. The summed E-state index contributed by atoms with van der Waals surface area (Å²) in [7, 11) is 4.13. The quantitative estimate of drug-likeness (QED) is 0.556. The number of carboxylic acids is 2. The maximum absolute atomic E-state index is 11.0. The van der Waals surface area contributed by atoms with Crippen LogP contribution < -0.4 is 9.80 Å². The van der Waals surface area contributed by atoms with Crippen molar-refractivity contribution in [3.63, 3.8) is 0 Å². The van der Waals surface area contributed by atoms with Crippen LogP contribution in [0.25, 0.3) is 0 Å². The summed E-state index contributed by atoms with van der Waals surface area (Å²) in [5.41, 5.74) is 0.214. The predicted octanol–water partition coefficient (Wildman–Crippen LogP) is 3.21. The van der Waals surface area contributed by atoms with Gasteiger partial charge in [-0.1, -0.05) is 23.2 Å². The van der Waals surface area contributed by atoms with Crippen LogP contribution in [0.4, 0.5) is 11.6 Å². The molecule has 0 amide bonds. The highest BCUT2D eigenvalue weighted by Crippen LogP contribution is 2.22. The summed E-state index contributed by atoms with van der Waals surface area (Å²) >= 11 is 11.6. The van der Waals surface area contributed by atoms with E-state index in [1.165, 1.54) is 24.5 Å². The monoisotopic (exact) mass is 582 g/mol. The Balaban J connectivity index is 0.000000341. The molecule has 0 atom stereocenters. The first-order valence-electron chi connectivity index (χ1n) is 10.8. The molecule has 0 unspecified atom stereocenters. The van der Waals surface area contributed by atoms with Crippen LogP contribution in [-0.4, -0.2) is 108 Å². The average Bonchev–Trinajstić information content (AvgIpc) is 2.81. The Hall–Kier alpha value is -2.08. The number of pyridine rings is 2. The van der Waals surface area contributed by atoms with Crippen molar-refractivity contribution in [2.24, 2.45) is 0 Å². The number of aromatic nitrogens is 2. The Kier molecular flexibility index (Phi) is 13.0. The summed E-state index contributed by atoms with van der Waals surface area (Å²) < 4.78 is 0. The molecular weight excluding hydrogens is 554 g/mol. The molecular formula is C22H30Cl4N6O4. The number of carboxylic acid groups (broad SMARTS) is 2. The molecule has 0 saturated carbocycles. The maximum atomic E-state index is 11.0. The van der Waals surface area contributed by atoms with Crippen molar-refractivity contribution in [1.82, 2.24) is 19.8 Å². The second kappa shape index (κ2) is 14.6. The van der Waals surface area contributed by atoms with Gasteiger partial charge in [-0.25, -0.2) is 19.6 Å². The van der Waals surface area contributed by atoms with E-state index >= 15 is 0 Å². The predicted molar refractivity (Wildman–Crippen MR) is 146 cm³/mol. The van der Waals surface area contributed by atoms with Crippen LogP contribution >= 0.6 is 48.0 Å². The standard InChI is InChI=1S/2C11H14ClN3O2.2ClH/c2*1-14-2-4-15(5-3-14)10-6-8(11(16)17)9(12)7-13-10;;/h2*6-7H,2-5H2,1H3,(H,16,17);2*1H. The maximum Gasteiger partial charge on any atom is 0.337 e. The Morgan fingerprint density at radius 1 is 0.694 bits per heavy atom. The fourth-order valence-electron chi connectivity index (χ4n) is 3.60. The topological polar surface area (TPSA) is 113 Å². The molecule has 0 aromatic carbocycles. The number of hydrogen-bond donors (Lipinski definition) is 2. The Morgan fingerprint density at radius 2 is 1.00 bits per heavy atom. The molecule has 36 heavy (non-hydrogen) atoms. The van der Waals surface area contributed by atoms with Crippen LogP contribution in [0.5, 0.6) is 0 Å². The zero-order valence-electron chi connectivity index (χ0n) is 19.9. The van der Waals surface area contributed by atoms with Gasteiger partial charge in [0.1, 0.15) is 11.6 Å². The molecule has 10 nitrogen and oxygen atoms in total. The van der Waals surface area contributed by atoms with Crippen LogP contribution in [0, 0.1) is 0 Å². The van der Waals surface area contributed by atoms with E-state index in [4.69, 9.17) is 33.4 Å². The van der Waals surface area contributed by atoms with Crippen molar-refractivity contribution < 1.29 is 19.8 Å².